The third-order valence-electron chi connectivity index (χ3n) is 4.25. The lowest BCUT2D eigenvalue weighted by Crippen LogP contribution is -2.35. The van der Waals surface area contributed by atoms with Crippen LogP contribution < -0.4 is 5.32 Å². The Kier molecular flexibility index (Phi) is 3.98. The van der Waals surface area contributed by atoms with Crippen molar-refractivity contribution in [1.82, 2.24) is 15.2 Å². The first kappa shape index (κ1) is 15.4. The van der Waals surface area contributed by atoms with Crippen LogP contribution in [0.2, 0.25) is 0 Å². The Bertz CT molecular complexity index is 779. The van der Waals surface area contributed by atoms with Crippen molar-refractivity contribution < 1.29 is 14.3 Å². The minimum atomic E-state index is -0.313. The smallest absolute Gasteiger partial charge is 0.409 e. The largest absolute Gasteiger partial charge is 0.448 e. The first-order valence-corrected chi connectivity index (χ1v) is 7.77. The fraction of sp³-hybridized carbons (Fsp3) is 0.412. The van der Waals surface area contributed by atoms with Crippen molar-refractivity contribution in [3.05, 3.63) is 34.5 Å². The Hall–Kier alpha value is -2.50. The molecule has 2 amide bonds. The molecule has 1 fully saturated rings. The summed E-state index contributed by atoms with van der Waals surface area (Å²) in [7, 11) is 0. The van der Waals surface area contributed by atoms with Gasteiger partial charge in [-0.1, -0.05) is 11.6 Å². The molecule has 23 heavy (non-hydrogen) atoms. The lowest BCUT2D eigenvalue weighted by molar-refractivity contribution is 0.0944. The van der Waals surface area contributed by atoms with E-state index in [4.69, 9.17) is 4.74 Å². The van der Waals surface area contributed by atoms with E-state index in [0.29, 0.717) is 31.9 Å². The van der Waals surface area contributed by atoms with Crippen molar-refractivity contribution in [2.24, 2.45) is 0 Å². The van der Waals surface area contributed by atoms with Crippen molar-refractivity contribution in [2.45, 2.75) is 20.8 Å². The quantitative estimate of drug-likeness (QED) is 0.909. The maximum Gasteiger partial charge on any atom is 0.409 e. The van der Waals surface area contributed by atoms with Gasteiger partial charge in [-0.25, -0.2) is 4.79 Å². The van der Waals surface area contributed by atoms with E-state index in [1.807, 2.05) is 20.8 Å². The molecule has 6 nitrogen and oxygen atoms in total. The van der Waals surface area contributed by atoms with Crippen molar-refractivity contribution in [1.29, 1.82) is 0 Å². The molecule has 122 valence electrons. The summed E-state index contributed by atoms with van der Waals surface area (Å²) in [5, 5.41) is 3.94. The number of hydrogen-bond donors (Lipinski definition) is 2. The molecule has 1 aromatic heterocycles. The van der Waals surface area contributed by atoms with Gasteiger partial charge >= 0.3 is 6.09 Å². The lowest BCUT2D eigenvalue weighted by atomic mass is 10.1. The molecule has 2 N–H and O–H groups in total. The van der Waals surface area contributed by atoms with Gasteiger partial charge in [0, 0.05) is 24.0 Å². The third-order valence-corrected chi connectivity index (χ3v) is 4.25. The minimum Gasteiger partial charge on any atom is -0.448 e. The Morgan fingerprint density at radius 1 is 1.35 bits per heavy atom. The predicted molar refractivity (Wildman–Crippen MR) is 87.8 cm³/mol. The van der Waals surface area contributed by atoms with Crippen molar-refractivity contribution >= 4 is 22.9 Å². The van der Waals surface area contributed by atoms with Gasteiger partial charge in [0.05, 0.1) is 6.54 Å². The molecule has 0 saturated carbocycles. The van der Waals surface area contributed by atoms with Gasteiger partial charge in [-0.3, -0.25) is 4.79 Å². The number of rotatable bonds is 4. The van der Waals surface area contributed by atoms with Crippen molar-refractivity contribution in [2.75, 3.05) is 26.2 Å². The Balaban J connectivity index is 1.72. The molecule has 0 radical (unpaired) electrons. The van der Waals surface area contributed by atoms with E-state index in [9.17, 15) is 9.59 Å². The van der Waals surface area contributed by atoms with Gasteiger partial charge in [0.15, 0.2) is 0 Å². The fourth-order valence-corrected chi connectivity index (χ4v) is 3.03. The van der Waals surface area contributed by atoms with Crippen LogP contribution in [0.1, 0.15) is 27.2 Å². The van der Waals surface area contributed by atoms with Crippen molar-refractivity contribution in [3.63, 3.8) is 0 Å². The Morgan fingerprint density at radius 3 is 2.83 bits per heavy atom. The van der Waals surface area contributed by atoms with Gasteiger partial charge < -0.3 is 19.9 Å². The zero-order valence-electron chi connectivity index (χ0n) is 13.7. The summed E-state index contributed by atoms with van der Waals surface area (Å²) in [4.78, 5) is 28.6. The fourth-order valence-electron chi connectivity index (χ4n) is 3.03. The normalized spacial score (nSPS) is 14.4. The highest BCUT2D eigenvalue weighted by molar-refractivity contribution is 6.01. The number of hydrogen-bond acceptors (Lipinski definition) is 3. The second-order valence-electron chi connectivity index (χ2n) is 5.99. The molecule has 1 aliphatic heterocycles. The molecule has 1 aliphatic rings. The number of cyclic esters (lactones) is 1. The average molecular weight is 315 g/mol. The predicted octanol–water partition coefficient (Wildman–Crippen LogP) is 2.28. The summed E-state index contributed by atoms with van der Waals surface area (Å²) < 4.78 is 4.86. The van der Waals surface area contributed by atoms with Gasteiger partial charge in [-0.05, 0) is 38.0 Å². The molecule has 2 heterocycles. The van der Waals surface area contributed by atoms with Crippen LogP contribution in [0.15, 0.2) is 12.1 Å². The van der Waals surface area contributed by atoms with Gasteiger partial charge in [0.1, 0.15) is 12.3 Å². The zero-order valence-corrected chi connectivity index (χ0v) is 13.7. The Labute approximate surface area is 134 Å². The van der Waals surface area contributed by atoms with Gasteiger partial charge in [0.25, 0.3) is 5.91 Å². The maximum atomic E-state index is 12.4. The lowest BCUT2D eigenvalue weighted by Gasteiger charge is -2.12. The molecule has 2 aromatic rings. The van der Waals surface area contributed by atoms with Gasteiger partial charge in [-0.2, -0.15) is 0 Å². The van der Waals surface area contributed by atoms with Gasteiger partial charge in [-0.15, -0.1) is 0 Å². The first-order chi connectivity index (χ1) is 11.0. The molecular weight excluding hydrogens is 294 g/mol. The monoisotopic (exact) mass is 315 g/mol. The molecule has 1 saturated heterocycles. The molecule has 0 aliphatic carbocycles. The molecule has 1 aromatic carbocycles. The van der Waals surface area contributed by atoms with Crippen LogP contribution in [0.25, 0.3) is 10.9 Å². The molecule has 3 rings (SSSR count). The summed E-state index contributed by atoms with van der Waals surface area (Å²) in [6.45, 7) is 7.90. The van der Waals surface area contributed by atoms with E-state index in [-0.39, 0.29) is 12.0 Å². The highest BCUT2D eigenvalue weighted by Crippen LogP contribution is 2.25. The molecule has 0 spiro atoms. The number of H-pyrrole nitrogens is 1. The zero-order chi connectivity index (χ0) is 16.6. The number of carbonyl (C=O) groups excluding carboxylic acids is 2. The summed E-state index contributed by atoms with van der Waals surface area (Å²) in [5.74, 6) is -0.150. The molecule has 0 unspecified atom stereocenters. The van der Waals surface area contributed by atoms with Crippen LogP contribution in [0, 0.1) is 20.8 Å². The average Bonchev–Trinajstić information content (AvgIpc) is 3.04. The number of amides is 2. The molecule has 0 atom stereocenters. The number of aromatic nitrogens is 1. The third kappa shape index (κ3) is 2.88. The summed E-state index contributed by atoms with van der Waals surface area (Å²) in [6, 6.07) is 4.18. The standard InChI is InChI=1S/C17H21N3O3/c1-10-8-11(2)14-13(9-10)12(3)15(19-14)16(21)18-4-5-20-6-7-23-17(20)22/h8-9,19H,4-7H2,1-3H3,(H,18,21). The number of nitrogens with one attached hydrogen (secondary N) is 2. The van der Waals surface area contributed by atoms with E-state index >= 15 is 0 Å². The van der Waals surface area contributed by atoms with E-state index in [2.05, 4.69) is 22.4 Å². The van der Waals surface area contributed by atoms with Crippen LogP contribution in [0.3, 0.4) is 0 Å². The molecular formula is C17H21N3O3. The van der Waals surface area contributed by atoms with Crippen LogP contribution >= 0.6 is 0 Å². The number of fused-ring (bicyclic) bond motifs is 1. The number of aryl methyl sites for hydroxylation is 3. The highest BCUT2D eigenvalue weighted by Gasteiger charge is 2.22. The summed E-state index contributed by atoms with van der Waals surface area (Å²) in [5.41, 5.74) is 4.84. The SMILES string of the molecule is Cc1cc(C)c2[nH]c(C(=O)NCCN3CCOC3=O)c(C)c2c1. The second-order valence-corrected chi connectivity index (χ2v) is 5.99. The number of benzene rings is 1. The number of nitrogens with zero attached hydrogens (tertiary/aromatic N) is 1. The summed E-state index contributed by atoms with van der Waals surface area (Å²) >= 11 is 0. The Morgan fingerprint density at radius 2 is 2.13 bits per heavy atom. The second kappa shape index (κ2) is 5.95. The number of ether oxygens (including phenoxy) is 1. The van der Waals surface area contributed by atoms with Gasteiger partial charge in [0.2, 0.25) is 0 Å². The molecule has 6 heteroatoms. The minimum absolute atomic E-state index is 0.150. The topological polar surface area (TPSA) is 74.4 Å². The summed E-state index contributed by atoms with van der Waals surface area (Å²) in [6.07, 6.45) is -0.313. The van der Waals surface area contributed by atoms with Crippen molar-refractivity contribution in [3.8, 4) is 0 Å². The highest BCUT2D eigenvalue weighted by atomic mass is 16.6. The maximum absolute atomic E-state index is 12.4. The molecule has 0 bridgehead atoms. The van der Waals surface area contributed by atoms with Crippen LogP contribution in [0.4, 0.5) is 4.79 Å². The van der Waals surface area contributed by atoms with E-state index < -0.39 is 0 Å². The van der Waals surface area contributed by atoms with Crippen LogP contribution in [-0.4, -0.2) is 48.1 Å². The number of aromatic amines is 1. The van der Waals surface area contributed by atoms with Crippen LogP contribution in [0.5, 0.6) is 0 Å². The van der Waals surface area contributed by atoms with E-state index in [1.165, 1.54) is 5.56 Å². The van der Waals surface area contributed by atoms with E-state index in [0.717, 1.165) is 22.0 Å². The number of carbonyl (C=O) groups is 2. The first-order valence-electron chi connectivity index (χ1n) is 7.77. The van der Waals surface area contributed by atoms with E-state index in [1.54, 1.807) is 4.90 Å². The van der Waals surface area contributed by atoms with Crippen LogP contribution in [-0.2, 0) is 4.74 Å².